The first kappa shape index (κ1) is 20.6. The van der Waals surface area contributed by atoms with Crippen molar-refractivity contribution in [3.8, 4) is 11.5 Å². The van der Waals surface area contributed by atoms with Crippen molar-refractivity contribution in [3.05, 3.63) is 36.4 Å². The molecule has 0 spiro atoms. The van der Waals surface area contributed by atoms with Gasteiger partial charge in [0.2, 0.25) is 0 Å². The molecule has 0 radical (unpaired) electrons. The highest BCUT2D eigenvalue weighted by Crippen LogP contribution is 2.36. The molecule has 0 N–H and O–H groups in total. The fraction of sp³-hybridized carbons (Fsp3) is 0.583. The van der Waals surface area contributed by atoms with Gasteiger partial charge < -0.3 is 9.47 Å². The van der Waals surface area contributed by atoms with E-state index in [2.05, 4.69) is 50.2 Å². The van der Waals surface area contributed by atoms with Gasteiger partial charge in [-0.25, -0.2) is 0 Å². The van der Waals surface area contributed by atoms with Crippen molar-refractivity contribution < 1.29 is 9.47 Å². The summed E-state index contributed by atoms with van der Waals surface area (Å²) >= 11 is 0. The van der Waals surface area contributed by atoms with Crippen LogP contribution in [-0.4, -0.2) is 13.2 Å². The first-order valence-corrected chi connectivity index (χ1v) is 10.6. The van der Waals surface area contributed by atoms with Gasteiger partial charge in [-0.15, -0.1) is 0 Å². The SMILES string of the molecule is CCCCCCCOc1ccc2ccccc2c1OCCCCCCC. The summed E-state index contributed by atoms with van der Waals surface area (Å²) in [4.78, 5) is 0. The van der Waals surface area contributed by atoms with E-state index in [9.17, 15) is 0 Å². The molecule has 0 amide bonds. The summed E-state index contributed by atoms with van der Waals surface area (Å²) < 4.78 is 12.3. The summed E-state index contributed by atoms with van der Waals surface area (Å²) in [6, 6.07) is 12.6. The third-order valence-electron chi connectivity index (χ3n) is 4.84. The Bertz CT molecular complexity index is 621. The molecule has 0 unspecified atom stereocenters. The average molecular weight is 357 g/mol. The molecule has 0 aliphatic heterocycles. The van der Waals surface area contributed by atoms with Crippen molar-refractivity contribution in [1.29, 1.82) is 0 Å². The van der Waals surface area contributed by atoms with Crippen LogP contribution in [0.4, 0.5) is 0 Å². The summed E-state index contributed by atoms with van der Waals surface area (Å²) in [6.07, 6.45) is 12.5. The standard InChI is InChI=1S/C24H36O2/c1-3-5-7-9-13-19-25-23-18-17-21-15-11-12-16-22(21)24(23)26-20-14-10-8-6-4-2/h11-12,15-18H,3-10,13-14,19-20H2,1-2H3. The molecule has 2 nitrogen and oxygen atoms in total. The minimum atomic E-state index is 0.768. The zero-order chi connectivity index (χ0) is 18.5. The van der Waals surface area contributed by atoms with E-state index in [1.165, 1.54) is 56.8 Å². The highest BCUT2D eigenvalue weighted by atomic mass is 16.5. The highest BCUT2D eigenvalue weighted by molar-refractivity contribution is 5.90. The Morgan fingerprint density at radius 2 is 1.23 bits per heavy atom. The Balaban J connectivity index is 1.94. The van der Waals surface area contributed by atoms with E-state index < -0.39 is 0 Å². The quantitative estimate of drug-likeness (QED) is 0.325. The van der Waals surface area contributed by atoms with Crippen molar-refractivity contribution in [2.24, 2.45) is 0 Å². The number of ether oxygens (including phenoxy) is 2. The van der Waals surface area contributed by atoms with E-state index in [1.54, 1.807) is 0 Å². The molecule has 0 heterocycles. The lowest BCUT2D eigenvalue weighted by Gasteiger charge is -2.15. The van der Waals surface area contributed by atoms with Crippen molar-refractivity contribution in [3.63, 3.8) is 0 Å². The molecule has 26 heavy (non-hydrogen) atoms. The van der Waals surface area contributed by atoms with Gasteiger partial charge in [0.1, 0.15) is 0 Å². The van der Waals surface area contributed by atoms with E-state index in [0.29, 0.717) is 0 Å². The van der Waals surface area contributed by atoms with E-state index in [-0.39, 0.29) is 0 Å². The van der Waals surface area contributed by atoms with Gasteiger partial charge in [0.25, 0.3) is 0 Å². The summed E-state index contributed by atoms with van der Waals surface area (Å²) in [5.41, 5.74) is 0. The predicted molar refractivity (Wildman–Crippen MR) is 112 cm³/mol. The van der Waals surface area contributed by atoms with Crippen LogP contribution in [0.25, 0.3) is 10.8 Å². The average Bonchev–Trinajstić information content (AvgIpc) is 2.68. The normalized spacial score (nSPS) is 11.0. The fourth-order valence-corrected chi connectivity index (χ4v) is 3.25. The Labute approximate surface area is 159 Å². The van der Waals surface area contributed by atoms with E-state index in [4.69, 9.17) is 9.47 Å². The van der Waals surface area contributed by atoms with Gasteiger partial charge in [-0.1, -0.05) is 95.5 Å². The maximum atomic E-state index is 6.20. The molecule has 0 aliphatic carbocycles. The molecule has 0 saturated carbocycles. The van der Waals surface area contributed by atoms with Crippen LogP contribution in [0.15, 0.2) is 36.4 Å². The van der Waals surface area contributed by atoms with Crippen LogP contribution >= 0.6 is 0 Å². The van der Waals surface area contributed by atoms with Crippen molar-refractivity contribution in [2.75, 3.05) is 13.2 Å². The van der Waals surface area contributed by atoms with Gasteiger partial charge in [-0.2, -0.15) is 0 Å². The lowest BCUT2D eigenvalue weighted by Crippen LogP contribution is -2.03. The van der Waals surface area contributed by atoms with Crippen LogP contribution in [0, 0.1) is 0 Å². The van der Waals surface area contributed by atoms with E-state index in [0.717, 1.165) is 42.9 Å². The number of rotatable bonds is 14. The summed E-state index contributed by atoms with van der Waals surface area (Å²) in [5, 5.41) is 2.37. The Hall–Kier alpha value is -1.70. The molecule has 2 aromatic rings. The van der Waals surface area contributed by atoms with Gasteiger partial charge in [-0.05, 0) is 24.3 Å². The van der Waals surface area contributed by atoms with Crippen LogP contribution in [0.1, 0.15) is 78.1 Å². The largest absolute Gasteiger partial charge is 0.490 e. The van der Waals surface area contributed by atoms with Crippen molar-refractivity contribution in [1.82, 2.24) is 0 Å². The number of hydrogen-bond acceptors (Lipinski definition) is 2. The lowest BCUT2D eigenvalue weighted by molar-refractivity contribution is 0.261. The first-order valence-electron chi connectivity index (χ1n) is 10.6. The smallest absolute Gasteiger partial charge is 0.168 e. The number of unbranched alkanes of at least 4 members (excludes halogenated alkanes) is 8. The molecule has 0 saturated heterocycles. The second kappa shape index (κ2) is 12.6. The molecule has 0 aromatic heterocycles. The van der Waals surface area contributed by atoms with Crippen LogP contribution in [-0.2, 0) is 0 Å². The molecule has 2 heteroatoms. The Morgan fingerprint density at radius 1 is 0.615 bits per heavy atom. The number of fused-ring (bicyclic) bond motifs is 1. The Morgan fingerprint density at radius 3 is 1.92 bits per heavy atom. The van der Waals surface area contributed by atoms with Crippen LogP contribution in [0.5, 0.6) is 11.5 Å². The number of hydrogen-bond donors (Lipinski definition) is 0. The van der Waals surface area contributed by atoms with E-state index in [1.807, 2.05) is 0 Å². The molecule has 2 aromatic carbocycles. The molecule has 0 aliphatic rings. The maximum Gasteiger partial charge on any atom is 0.168 e. The van der Waals surface area contributed by atoms with Gasteiger partial charge in [-0.3, -0.25) is 0 Å². The minimum absolute atomic E-state index is 0.768. The minimum Gasteiger partial charge on any atom is -0.490 e. The van der Waals surface area contributed by atoms with Crippen LogP contribution in [0.3, 0.4) is 0 Å². The first-order chi connectivity index (χ1) is 12.9. The number of benzene rings is 2. The predicted octanol–water partition coefficient (Wildman–Crippen LogP) is 7.54. The fourth-order valence-electron chi connectivity index (χ4n) is 3.25. The van der Waals surface area contributed by atoms with Crippen LogP contribution < -0.4 is 9.47 Å². The molecular formula is C24H36O2. The summed E-state index contributed by atoms with van der Waals surface area (Å²) in [7, 11) is 0. The van der Waals surface area contributed by atoms with Gasteiger partial charge in [0.05, 0.1) is 13.2 Å². The van der Waals surface area contributed by atoms with Crippen molar-refractivity contribution in [2.45, 2.75) is 78.1 Å². The molecule has 0 atom stereocenters. The molecule has 0 fully saturated rings. The van der Waals surface area contributed by atoms with E-state index >= 15 is 0 Å². The zero-order valence-corrected chi connectivity index (χ0v) is 16.8. The lowest BCUT2D eigenvalue weighted by atomic mass is 10.1. The molecule has 0 bridgehead atoms. The summed E-state index contributed by atoms with van der Waals surface area (Å²) in [6.45, 7) is 6.04. The van der Waals surface area contributed by atoms with Gasteiger partial charge >= 0.3 is 0 Å². The molecule has 2 rings (SSSR count). The topological polar surface area (TPSA) is 18.5 Å². The third kappa shape index (κ3) is 6.90. The van der Waals surface area contributed by atoms with Gasteiger partial charge in [0, 0.05) is 5.39 Å². The zero-order valence-electron chi connectivity index (χ0n) is 16.8. The third-order valence-corrected chi connectivity index (χ3v) is 4.84. The maximum absolute atomic E-state index is 6.20. The second-order valence-corrected chi connectivity index (χ2v) is 7.14. The summed E-state index contributed by atoms with van der Waals surface area (Å²) in [5.74, 6) is 1.82. The van der Waals surface area contributed by atoms with Crippen LogP contribution in [0.2, 0.25) is 0 Å². The highest BCUT2D eigenvalue weighted by Gasteiger charge is 2.10. The second-order valence-electron chi connectivity index (χ2n) is 7.14. The van der Waals surface area contributed by atoms with Gasteiger partial charge in [0.15, 0.2) is 11.5 Å². The Kier molecular flexibility index (Phi) is 10.0. The monoisotopic (exact) mass is 356 g/mol. The molecule has 144 valence electrons. The van der Waals surface area contributed by atoms with Crippen molar-refractivity contribution >= 4 is 10.8 Å². The molecular weight excluding hydrogens is 320 g/mol.